The zero-order chi connectivity index (χ0) is 19.9. The van der Waals surface area contributed by atoms with Crippen LogP contribution < -0.4 is 0 Å². The summed E-state index contributed by atoms with van der Waals surface area (Å²) in [6.07, 6.45) is -4.33. The highest BCUT2D eigenvalue weighted by atomic mass is 32.2. The van der Waals surface area contributed by atoms with Gasteiger partial charge < -0.3 is 0 Å². The Morgan fingerprint density at radius 3 is 2.21 bits per heavy atom. The van der Waals surface area contributed by atoms with E-state index in [0.29, 0.717) is 25.6 Å². The van der Waals surface area contributed by atoms with Crippen LogP contribution in [0, 0.1) is 5.92 Å². The average molecular weight is 410 g/mol. The Morgan fingerprint density at radius 2 is 1.57 bits per heavy atom. The molecule has 0 amide bonds. The van der Waals surface area contributed by atoms with Crippen LogP contribution in [0.1, 0.15) is 16.7 Å². The molecule has 2 saturated heterocycles. The van der Waals surface area contributed by atoms with Gasteiger partial charge in [-0.2, -0.15) is 17.5 Å². The number of nitrogens with zero attached hydrogens (tertiary/aromatic N) is 2. The van der Waals surface area contributed by atoms with E-state index in [0.717, 1.165) is 29.8 Å². The van der Waals surface area contributed by atoms with Crippen molar-refractivity contribution in [2.45, 2.75) is 24.5 Å². The van der Waals surface area contributed by atoms with Gasteiger partial charge in [0.1, 0.15) is 0 Å². The second kappa shape index (κ2) is 7.17. The van der Waals surface area contributed by atoms with Gasteiger partial charge in [0.2, 0.25) is 10.0 Å². The van der Waals surface area contributed by atoms with Crippen molar-refractivity contribution in [3.63, 3.8) is 0 Å². The van der Waals surface area contributed by atoms with Crippen LogP contribution in [-0.2, 0) is 28.5 Å². The number of sulfonamides is 1. The van der Waals surface area contributed by atoms with E-state index in [1.54, 1.807) is 16.4 Å². The Bertz CT molecular complexity index is 930. The normalized spacial score (nSPS) is 23.4. The quantitative estimate of drug-likeness (QED) is 0.759. The van der Waals surface area contributed by atoms with Crippen molar-refractivity contribution in [3.05, 3.63) is 71.3 Å². The predicted octanol–water partition coefficient (Wildman–Crippen LogP) is 3.35. The molecule has 2 aliphatic rings. The van der Waals surface area contributed by atoms with Crippen molar-refractivity contribution in [1.29, 1.82) is 0 Å². The topological polar surface area (TPSA) is 40.6 Å². The fourth-order valence-corrected chi connectivity index (χ4v) is 5.62. The first-order chi connectivity index (χ1) is 13.2. The summed E-state index contributed by atoms with van der Waals surface area (Å²) in [6.45, 7) is 2.26. The first-order valence-electron chi connectivity index (χ1n) is 9.14. The van der Waals surface area contributed by atoms with Crippen LogP contribution in [0.4, 0.5) is 13.2 Å². The van der Waals surface area contributed by atoms with E-state index in [1.165, 1.54) is 12.1 Å². The molecule has 0 saturated carbocycles. The monoisotopic (exact) mass is 410 g/mol. The van der Waals surface area contributed by atoms with Gasteiger partial charge in [-0.15, -0.1) is 0 Å². The first-order valence-corrected chi connectivity index (χ1v) is 10.8. The zero-order valence-corrected chi connectivity index (χ0v) is 16.0. The molecule has 0 unspecified atom stereocenters. The highest BCUT2D eigenvalue weighted by Gasteiger charge is 2.48. The zero-order valence-electron chi connectivity index (χ0n) is 15.1. The molecule has 2 atom stereocenters. The number of alkyl halides is 3. The van der Waals surface area contributed by atoms with E-state index >= 15 is 0 Å². The molecule has 0 aliphatic carbocycles. The Morgan fingerprint density at radius 1 is 0.893 bits per heavy atom. The Labute approximate surface area is 162 Å². The molecule has 0 bridgehead atoms. The highest BCUT2D eigenvalue weighted by Crippen LogP contribution is 2.36. The van der Waals surface area contributed by atoms with Crippen molar-refractivity contribution in [2.24, 2.45) is 5.92 Å². The molecule has 0 aromatic heterocycles. The number of hydrogen-bond donors (Lipinski definition) is 0. The van der Waals surface area contributed by atoms with E-state index in [2.05, 4.69) is 4.90 Å². The molecule has 2 aromatic rings. The van der Waals surface area contributed by atoms with Crippen molar-refractivity contribution < 1.29 is 21.6 Å². The molecule has 4 nitrogen and oxygen atoms in total. The van der Waals surface area contributed by atoms with E-state index in [1.807, 2.05) is 18.2 Å². The molecule has 28 heavy (non-hydrogen) atoms. The van der Waals surface area contributed by atoms with Crippen LogP contribution in [0.3, 0.4) is 0 Å². The number of likely N-dealkylation sites (tertiary alicyclic amines) is 1. The predicted molar refractivity (Wildman–Crippen MR) is 99.8 cm³/mol. The summed E-state index contributed by atoms with van der Waals surface area (Å²) in [5.41, 5.74) is 0.914. The lowest BCUT2D eigenvalue weighted by Crippen LogP contribution is -2.54. The number of benzene rings is 2. The molecule has 0 N–H and O–H groups in total. The molecule has 2 aromatic carbocycles. The molecule has 2 fully saturated rings. The summed E-state index contributed by atoms with van der Waals surface area (Å²) < 4.78 is 65.0. The van der Waals surface area contributed by atoms with Crippen LogP contribution in [0.5, 0.6) is 0 Å². The van der Waals surface area contributed by atoms with Gasteiger partial charge in [-0.05, 0) is 23.3 Å². The lowest BCUT2D eigenvalue weighted by Gasteiger charge is -2.43. The smallest absolute Gasteiger partial charge is 0.294 e. The molecule has 2 heterocycles. The second-order valence-electron chi connectivity index (χ2n) is 7.51. The summed E-state index contributed by atoms with van der Waals surface area (Å²) in [4.78, 5) is 2.14. The summed E-state index contributed by atoms with van der Waals surface area (Å²) >= 11 is 0. The van der Waals surface area contributed by atoms with Gasteiger partial charge in [-0.1, -0.05) is 42.5 Å². The van der Waals surface area contributed by atoms with Gasteiger partial charge in [0.15, 0.2) is 0 Å². The standard InChI is InChI=1S/C20H21F3N2O2S/c21-20(22,23)18-8-6-15(7-9-18)10-24-11-17-12-25(13-19(17)24)28(26,27)14-16-4-2-1-3-5-16/h1-9,17,19H,10-14H2/t17-,19-/m0/s1. The molecule has 4 rings (SSSR count). The fourth-order valence-electron chi connectivity index (χ4n) is 4.03. The van der Waals surface area contributed by atoms with Crippen LogP contribution in [0.2, 0.25) is 0 Å². The fraction of sp³-hybridized carbons (Fsp3) is 0.400. The minimum absolute atomic E-state index is 0.00775. The number of fused-ring (bicyclic) bond motifs is 1. The molecular weight excluding hydrogens is 389 g/mol. The lowest BCUT2D eigenvalue weighted by atomic mass is 9.91. The minimum atomic E-state index is -4.33. The Balaban J connectivity index is 1.37. The second-order valence-corrected chi connectivity index (χ2v) is 9.48. The van der Waals surface area contributed by atoms with Gasteiger partial charge in [-0.25, -0.2) is 8.42 Å². The van der Waals surface area contributed by atoms with Gasteiger partial charge in [0, 0.05) is 38.1 Å². The first kappa shape index (κ1) is 19.4. The molecule has 0 spiro atoms. The number of hydrogen-bond acceptors (Lipinski definition) is 3. The average Bonchev–Trinajstić information content (AvgIpc) is 2.98. The Kier molecular flexibility index (Phi) is 4.97. The molecule has 8 heteroatoms. The number of halogens is 3. The largest absolute Gasteiger partial charge is 0.416 e. The van der Waals surface area contributed by atoms with Crippen molar-refractivity contribution in [2.75, 3.05) is 19.6 Å². The minimum Gasteiger partial charge on any atom is -0.294 e. The van der Waals surface area contributed by atoms with Crippen molar-refractivity contribution >= 4 is 10.0 Å². The van der Waals surface area contributed by atoms with Crippen LogP contribution >= 0.6 is 0 Å². The molecule has 150 valence electrons. The van der Waals surface area contributed by atoms with Crippen LogP contribution in [0.15, 0.2) is 54.6 Å². The van der Waals surface area contributed by atoms with Gasteiger partial charge in [0.25, 0.3) is 0 Å². The number of rotatable bonds is 5. The molecular formula is C20H21F3N2O2S. The summed E-state index contributed by atoms with van der Waals surface area (Å²) in [5, 5.41) is 0. The molecule has 2 aliphatic heterocycles. The van der Waals surface area contributed by atoms with Crippen LogP contribution in [-0.4, -0.2) is 43.3 Å². The van der Waals surface area contributed by atoms with Crippen molar-refractivity contribution in [3.8, 4) is 0 Å². The lowest BCUT2D eigenvalue weighted by molar-refractivity contribution is -0.137. The third-order valence-electron chi connectivity index (χ3n) is 5.56. The summed E-state index contributed by atoms with van der Waals surface area (Å²) in [6, 6.07) is 14.4. The maximum atomic E-state index is 12.7. The van der Waals surface area contributed by atoms with Crippen molar-refractivity contribution in [1.82, 2.24) is 9.21 Å². The maximum Gasteiger partial charge on any atom is 0.416 e. The van der Waals surface area contributed by atoms with E-state index < -0.39 is 21.8 Å². The van der Waals surface area contributed by atoms with E-state index in [9.17, 15) is 21.6 Å². The van der Waals surface area contributed by atoms with Gasteiger partial charge in [-0.3, -0.25) is 4.90 Å². The Hall–Kier alpha value is -1.90. The van der Waals surface area contributed by atoms with Crippen LogP contribution in [0.25, 0.3) is 0 Å². The maximum absolute atomic E-state index is 12.7. The van der Waals surface area contributed by atoms with Gasteiger partial charge >= 0.3 is 6.18 Å². The third kappa shape index (κ3) is 3.94. The third-order valence-corrected chi connectivity index (χ3v) is 7.35. The summed E-state index contributed by atoms with van der Waals surface area (Å²) in [7, 11) is -3.38. The van der Waals surface area contributed by atoms with E-state index in [-0.39, 0.29) is 11.8 Å². The van der Waals surface area contributed by atoms with E-state index in [4.69, 9.17) is 0 Å². The SMILES string of the molecule is O=S(=O)(Cc1ccccc1)N1C[C@@H]2CN(Cc3ccc(C(F)(F)F)cc3)[C@H]2C1. The summed E-state index contributed by atoms with van der Waals surface area (Å²) in [5.74, 6) is 0.284. The van der Waals surface area contributed by atoms with Gasteiger partial charge in [0.05, 0.1) is 11.3 Å². The highest BCUT2D eigenvalue weighted by molar-refractivity contribution is 7.88. The molecule has 0 radical (unpaired) electrons.